The number of amides is 2. The van der Waals surface area contributed by atoms with Gasteiger partial charge in [-0.15, -0.1) is 0 Å². The molecule has 2 aromatic rings. The van der Waals surface area contributed by atoms with Crippen molar-refractivity contribution in [3.05, 3.63) is 53.7 Å². The largest absolute Gasteiger partial charge is 0.353 e. The lowest BCUT2D eigenvalue weighted by Gasteiger charge is -2.35. The van der Waals surface area contributed by atoms with Crippen molar-refractivity contribution in [3.63, 3.8) is 0 Å². The van der Waals surface area contributed by atoms with Crippen molar-refractivity contribution in [2.75, 3.05) is 31.1 Å². The maximum absolute atomic E-state index is 13.0. The molecule has 2 atom stereocenters. The van der Waals surface area contributed by atoms with E-state index < -0.39 is 0 Å². The summed E-state index contributed by atoms with van der Waals surface area (Å²) < 4.78 is 13.0. The maximum Gasteiger partial charge on any atom is 0.317 e. The monoisotopic (exact) mass is 355 g/mol. The zero-order valence-corrected chi connectivity index (χ0v) is 14.7. The molecular weight excluding hydrogens is 333 g/mol. The van der Waals surface area contributed by atoms with Gasteiger partial charge in [-0.2, -0.15) is 0 Å². The molecule has 0 spiro atoms. The molecule has 0 radical (unpaired) electrons. The number of aryl methyl sites for hydroxylation is 1. The summed E-state index contributed by atoms with van der Waals surface area (Å²) in [5.41, 5.74) is 1.08. The second kappa shape index (κ2) is 6.90. The number of anilines is 1. The maximum atomic E-state index is 13.0. The van der Waals surface area contributed by atoms with Crippen molar-refractivity contribution in [1.82, 2.24) is 20.2 Å². The second-order valence-corrected chi connectivity index (χ2v) is 6.89. The summed E-state index contributed by atoms with van der Waals surface area (Å²) in [6.07, 6.45) is 2.68. The number of benzene rings is 1. The normalized spacial score (nSPS) is 22.2. The quantitative estimate of drug-likeness (QED) is 0.918. The van der Waals surface area contributed by atoms with Crippen LogP contribution < -0.4 is 10.2 Å². The number of urea groups is 1. The molecular formula is C19H22FN5O. The highest BCUT2D eigenvalue weighted by Crippen LogP contribution is 2.40. The first-order valence-corrected chi connectivity index (χ1v) is 8.95. The van der Waals surface area contributed by atoms with Crippen LogP contribution in [0.5, 0.6) is 0 Å². The van der Waals surface area contributed by atoms with Gasteiger partial charge in [0.05, 0.1) is 0 Å². The summed E-state index contributed by atoms with van der Waals surface area (Å²) in [6, 6.07) is 8.58. The lowest BCUT2D eigenvalue weighted by atomic mass is 10.1. The average molecular weight is 355 g/mol. The van der Waals surface area contributed by atoms with Crippen LogP contribution in [0.2, 0.25) is 0 Å². The predicted molar refractivity (Wildman–Crippen MR) is 96.6 cm³/mol. The summed E-state index contributed by atoms with van der Waals surface area (Å²) >= 11 is 0. The minimum Gasteiger partial charge on any atom is -0.353 e. The molecule has 1 N–H and O–H groups in total. The van der Waals surface area contributed by atoms with Gasteiger partial charge in [-0.3, -0.25) is 0 Å². The minimum absolute atomic E-state index is 0.0156. The third-order valence-electron chi connectivity index (χ3n) is 5.05. The molecule has 2 heterocycles. The molecule has 1 aliphatic carbocycles. The molecule has 26 heavy (non-hydrogen) atoms. The van der Waals surface area contributed by atoms with Gasteiger partial charge in [-0.05, 0) is 37.1 Å². The molecule has 136 valence electrons. The summed E-state index contributed by atoms with van der Waals surface area (Å²) in [5.74, 6) is 1.73. The Bertz CT molecular complexity index is 789. The zero-order valence-electron chi connectivity index (χ0n) is 14.7. The Labute approximate surface area is 152 Å². The molecule has 7 heteroatoms. The summed E-state index contributed by atoms with van der Waals surface area (Å²) in [4.78, 5) is 25.1. The van der Waals surface area contributed by atoms with Gasteiger partial charge in [0.25, 0.3) is 0 Å². The van der Waals surface area contributed by atoms with Crippen molar-refractivity contribution in [3.8, 4) is 0 Å². The number of halogens is 1. The van der Waals surface area contributed by atoms with Gasteiger partial charge in [0.15, 0.2) is 0 Å². The molecule has 0 unspecified atom stereocenters. The first-order chi connectivity index (χ1) is 12.6. The molecule has 1 aliphatic heterocycles. The van der Waals surface area contributed by atoms with E-state index in [1.54, 1.807) is 18.3 Å². The Kier molecular flexibility index (Phi) is 4.44. The lowest BCUT2D eigenvalue weighted by molar-refractivity contribution is 0.193. The Balaban J connectivity index is 1.27. The van der Waals surface area contributed by atoms with E-state index in [0.717, 1.165) is 36.7 Å². The fraction of sp³-hybridized carbons (Fsp3) is 0.421. The number of carbonyl (C=O) groups excluding carboxylic acids is 1. The number of nitrogens with zero attached hydrogens (tertiary/aromatic N) is 4. The summed E-state index contributed by atoms with van der Waals surface area (Å²) in [6.45, 7) is 4.73. The number of hydrogen-bond acceptors (Lipinski definition) is 4. The van der Waals surface area contributed by atoms with Crippen LogP contribution in [0.25, 0.3) is 0 Å². The molecule has 2 fully saturated rings. The number of hydrogen-bond donors (Lipinski definition) is 1. The van der Waals surface area contributed by atoms with Crippen LogP contribution in [0.4, 0.5) is 15.0 Å². The Morgan fingerprint density at radius 3 is 2.58 bits per heavy atom. The van der Waals surface area contributed by atoms with Crippen molar-refractivity contribution in [1.29, 1.82) is 0 Å². The van der Waals surface area contributed by atoms with E-state index in [1.165, 1.54) is 12.1 Å². The number of carbonyl (C=O) groups is 1. The number of aromatic nitrogens is 2. The molecule has 4 rings (SSSR count). The third kappa shape index (κ3) is 3.61. The highest BCUT2D eigenvalue weighted by Gasteiger charge is 2.40. The van der Waals surface area contributed by atoms with Crippen LogP contribution in [0.15, 0.2) is 36.5 Å². The second-order valence-electron chi connectivity index (χ2n) is 6.89. The van der Waals surface area contributed by atoms with Gasteiger partial charge in [-0.1, -0.05) is 12.1 Å². The SMILES string of the molecule is Cc1nccc(N2CCN(C(=O)N[C@@H]3C[C@H]3c3ccc(F)cc3)CC2)n1. The molecule has 1 saturated heterocycles. The molecule has 1 saturated carbocycles. The molecule has 0 bridgehead atoms. The van der Waals surface area contributed by atoms with Crippen LogP contribution in [0.1, 0.15) is 23.7 Å². The van der Waals surface area contributed by atoms with E-state index in [-0.39, 0.29) is 17.9 Å². The number of rotatable bonds is 3. The first kappa shape index (κ1) is 16.8. The summed E-state index contributed by atoms with van der Waals surface area (Å²) in [7, 11) is 0. The van der Waals surface area contributed by atoms with Crippen LogP contribution in [0, 0.1) is 12.7 Å². The highest BCUT2D eigenvalue weighted by molar-refractivity contribution is 5.75. The molecule has 2 amide bonds. The standard InChI is InChI=1S/C19H22FN5O/c1-13-21-7-6-18(22-13)24-8-10-25(11-9-24)19(26)23-17-12-16(17)14-2-4-15(20)5-3-14/h2-7,16-17H,8-12H2,1H3,(H,23,26)/t16-,17+/m0/s1. The van der Waals surface area contributed by atoms with Crippen molar-refractivity contribution >= 4 is 11.8 Å². The van der Waals surface area contributed by atoms with Crippen LogP contribution in [0.3, 0.4) is 0 Å². The topological polar surface area (TPSA) is 61.4 Å². The van der Waals surface area contributed by atoms with E-state index in [2.05, 4.69) is 20.2 Å². The fourth-order valence-electron chi connectivity index (χ4n) is 3.44. The van der Waals surface area contributed by atoms with E-state index in [9.17, 15) is 9.18 Å². The van der Waals surface area contributed by atoms with Gasteiger partial charge < -0.3 is 15.1 Å². The first-order valence-electron chi connectivity index (χ1n) is 8.95. The van der Waals surface area contributed by atoms with E-state index in [1.807, 2.05) is 17.9 Å². The van der Waals surface area contributed by atoms with E-state index in [4.69, 9.17) is 0 Å². The molecule has 2 aliphatic rings. The predicted octanol–water partition coefficient (Wildman–Crippen LogP) is 2.31. The highest BCUT2D eigenvalue weighted by atomic mass is 19.1. The van der Waals surface area contributed by atoms with Crippen molar-refractivity contribution < 1.29 is 9.18 Å². The van der Waals surface area contributed by atoms with Crippen molar-refractivity contribution in [2.45, 2.75) is 25.3 Å². The van der Waals surface area contributed by atoms with E-state index >= 15 is 0 Å². The van der Waals surface area contributed by atoms with Gasteiger partial charge in [0, 0.05) is 44.3 Å². The van der Waals surface area contributed by atoms with Crippen molar-refractivity contribution in [2.24, 2.45) is 0 Å². The Morgan fingerprint density at radius 2 is 1.88 bits per heavy atom. The minimum atomic E-state index is -0.230. The third-order valence-corrected chi connectivity index (χ3v) is 5.05. The van der Waals surface area contributed by atoms with Gasteiger partial charge in [0.2, 0.25) is 0 Å². The van der Waals surface area contributed by atoms with Crippen LogP contribution >= 0.6 is 0 Å². The average Bonchev–Trinajstić information content (AvgIpc) is 3.41. The van der Waals surface area contributed by atoms with Crippen LogP contribution in [-0.2, 0) is 0 Å². The fourth-order valence-corrected chi connectivity index (χ4v) is 3.44. The van der Waals surface area contributed by atoms with Gasteiger partial charge >= 0.3 is 6.03 Å². The Morgan fingerprint density at radius 1 is 1.15 bits per heavy atom. The van der Waals surface area contributed by atoms with Crippen LogP contribution in [-0.4, -0.2) is 53.1 Å². The Hall–Kier alpha value is -2.70. The molecule has 1 aromatic carbocycles. The van der Waals surface area contributed by atoms with Gasteiger partial charge in [-0.25, -0.2) is 19.2 Å². The lowest BCUT2D eigenvalue weighted by Crippen LogP contribution is -2.52. The molecule has 6 nitrogen and oxygen atoms in total. The van der Waals surface area contributed by atoms with E-state index in [0.29, 0.717) is 19.0 Å². The number of piperazine rings is 1. The molecule has 1 aromatic heterocycles. The zero-order chi connectivity index (χ0) is 18.1. The number of nitrogens with one attached hydrogen (secondary N) is 1. The van der Waals surface area contributed by atoms with Gasteiger partial charge in [0.1, 0.15) is 17.5 Å². The summed E-state index contributed by atoms with van der Waals surface area (Å²) in [5, 5.41) is 3.10. The smallest absolute Gasteiger partial charge is 0.317 e.